The Morgan fingerprint density at radius 1 is 1.22 bits per heavy atom. The Morgan fingerprint density at radius 3 is 2.83 bits per heavy atom. The smallest absolute Gasteiger partial charge is 0.272 e. The number of hydrogen-bond donors (Lipinski definition) is 1. The Bertz CT molecular complexity index is 573. The molecule has 0 saturated heterocycles. The standard InChI is InChI=1S/C11H9N5O2/c17-10-7-2-1-4-12-9(7)11(18)16(10)5-3-8-13-6-14-15-8/h1-2,4,6H,3,5H2,(H,13,14,15). The fourth-order valence-electron chi connectivity index (χ4n) is 1.89. The van der Waals surface area contributed by atoms with Gasteiger partial charge in [-0.05, 0) is 12.1 Å². The van der Waals surface area contributed by atoms with Crippen molar-refractivity contribution in [3.63, 3.8) is 0 Å². The molecule has 0 unspecified atom stereocenters. The SMILES string of the molecule is O=C1c2cccnc2C(=O)N1CCc1ncn[nH]1. The summed E-state index contributed by atoms with van der Waals surface area (Å²) >= 11 is 0. The van der Waals surface area contributed by atoms with E-state index in [9.17, 15) is 9.59 Å². The predicted molar refractivity (Wildman–Crippen MR) is 59.7 cm³/mol. The van der Waals surface area contributed by atoms with Gasteiger partial charge in [0.15, 0.2) is 0 Å². The summed E-state index contributed by atoms with van der Waals surface area (Å²) in [5.74, 6) is -0.0164. The highest BCUT2D eigenvalue weighted by molar-refractivity contribution is 6.20. The van der Waals surface area contributed by atoms with Crippen LogP contribution in [0.15, 0.2) is 24.7 Å². The minimum Gasteiger partial charge on any atom is -0.272 e. The first kappa shape index (κ1) is 10.6. The first-order valence-electron chi connectivity index (χ1n) is 5.43. The van der Waals surface area contributed by atoms with E-state index in [-0.39, 0.29) is 24.1 Å². The Hall–Kier alpha value is -2.57. The van der Waals surface area contributed by atoms with E-state index in [4.69, 9.17) is 0 Å². The number of aromatic amines is 1. The number of fused-ring (bicyclic) bond motifs is 1. The molecule has 18 heavy (non-hydrogen) atoms. The van der Waals surface area contributed by atoms with E-state index in [0.717, 1.165) is 0 Å². The lowest BCUT2D eigenvalue weighted by Crippen LogP contribution is -2.32. The molecular weight excluding hydrogens is 234 g/mol. The van der Waals surface area contributed by atoms with Gasteiger partial charge < -0.3 is 0 Å². The van der Waals surface area contributed by atoms with Gasteiger partial charge >= 0.3 is 0 Å². The molecule has 2 aromatic rings. The number of nitrogens with zero attached hydrogens (tertiary/aromatic N) is 4. The van der Waals surface area contributed by atoms with Crippen LogP contribution in [0.1, 0.15) is 26.7 Å². The molecule has 2 aromatic heterocycles. The Labute approximate surface area is 102 Å². The van der Waals surface area contributed by atoms with Crippen LogP contribution < -0.4 is 0 Å². The van der Waals surface area contributed by atoms with Crippen LogP contribution in [0, 0.1) is 0 Å². The van der Waals surface area contributed by atoms with E-state index in [2.05, 4.69) is 20.2 Å². The monoisotopic (exact) mass is 243 g/mol. The molecule has 0 radical (unpaired) electrons. The molecule has 0 bridgehead atoms. The predicted octanol–water partition coefficient (Wildman–Crippen LogP) is 0.0384. The minimum atomic E-state index is -0.352. The quantitative estimate of drug-likeness (QED) is 0.768. The second-order valence-corrected chi connectivity index (χ2v) is 3.84. The first-order chi connectivity index (χ1) is 8.77. The number of rotatable bonds is 3. The number of H-pyrrole nitrogens is 1. The van der Waals surface area contributed by atoms with Crippen LogP contribution in [0.3, 0.4) is 0 Å². The average Bonchev–Trinajstić information content (AvgIpc) is 2.98. The summed E-state index contributed by atoms with van der Waals surface area (Å²) in [5, 5.41) is 6.39. The molecule has 7 nitrogen and oxygen atoms in total. The maximum absolute atomic E-state index is 12.0. The van der Waals surface area contributed by atoms with Crippen molar-refractivity contribution < 1.29 is 9.59 Å². The molecule has 1 N–H and O–H groups in total. The fourth-order valence-corrected chi connectivity index (χ4v) is 1.89. The molecule has 7 heteroatoms. The van der Waals surface area contributed by atoms with Gasteiger partial charge in [0.25, 0.3) is 11.8 Å². The van der Waals surface area contributed by atoms with Gasteiger partial charge in [-0.25, -0.2) is 4.98 Å². The molecule has 1 aliphatic heterocycles. The Balaban J connectivity index is 1.80. The zero-order chi connectivity index (χ0) is 12.5. The molecule has 90 valence electrons. The van der Waals surface area contributed by atoms with Crippen molar-refractivity contribution in [1.29, 1.82) is 0 Å². The van der Waals surface area contributed by atoms with Gasteiger partial charge in [0, 0.05) is 19.2 Å². The van der Waals surface area contributed by atoms with Crippen molar-refractivity contribution in [1.82, 2.24) is 25.1 Å². The van der Waals surface area contributed by atoms with E-state index >= 15 is 0 Å². The lowest BCUT2D eigenvalue weighted by molar-refractivity contribution is 0.0653. The second kappa shape index (κ2) is 4.02. The van der Waals surface area contributed by atoms with Crippen LogP contribution in [0.2, 0.25) is 0 Å². The lowest BCUT2D eigenvalue weighted by atomic mass is 10.2. The van der Waals surface area contributed by atoms with Gasteiger partial charge in [-0.3, -0.25) is 24.6 Å². The van der Waals surface area contributed by atoms with Crippen molar-refractivity contribution in [2.45, 2.75) is 6.42 Å². The van der Waals surface area contributed by atoms with Crippen LogP contribution in [0.5, 0.6) is 0 Å². The van der Waals surface area contributed by atoms with E-state index in [0.29, 0.717) is 17.8 Å². The third-order valence-electron chi connectivity index (χ3n) is 2.77. The number of hydrogen-bond acceptors (Lipinski definition) is 5. The zero-order valence-electron chi connectivity index (χ0n) is 9.33. The van der Waals surface area contributed by atoms with Gasteiger partial charge in [0.2, 0.25) is 0 Å². The van der Waals surface area contributed by atoms with Gasteiger partial charge in [0.05, 0.1) is 5.56 Å². The lowest BCUT2D eigenvalue weighted by Gasteiger charge is -2.11. The van der Waals surface area contributed by atoms with Crippen molar-refractivity contribution >= 4 is 11.8 Å². The summed E-state index contributed by atoms with van der Waals surface area (Å²) in [6, 6.07) is 3.25. The number of carbonyl (C=O) groups excluding carboxylic acids is 2. The highest BCUT2D eigenvalue weighted by Crippen LogP contribution is 2.20. The topological polar surface area (TPSA) is 91.8 Å². The van der Waals surface area contributed by atoms with Crippen LogP contribution in [-0.4, -0.2) is 43.4 Å². The third kappa shape index (κ3) is 1.56. The highest BCUT2D eigenvalue weighted by Gasteiger charge is 2.36. The second-order valence-electron chi connectivity index (χ2n) is 3.84. The molecule has 0 atom stereocenters. The molecule has 2 amide bonds. The molecule has 0 aromatic carbocycles. The summed E-state index contributed by atoms with van der Waals surface area (Å²) < 4.78 is 0. The van der Waals surface area contributed by atoms with Gasteiger partial charge in [-0.15, -0.1) is 0 Å². The molecule has 0 saturated carbocycles. The van der Waals surface area contributed by atoms with E-state index < -0.39 is 0 Å². The van der Waals surface area contributed by atoms with Crippen LogP contribution in [0.25, 0.3) is 0 Å². The van der Waals surface area contributed by atoms with Crippen molar-refractivity contribution in [3.05, 3.63) is 41.7 Å². The van der Waals surface area contributed by atoms with Gasteiger partial charge in [0.1, 0.15) is 17.8 Å². The van der Waals surface area contributed by atoms with Crippen molar-refractivity contribution in [2.75, 3.05) is 6.54 Å². The summed E-state index contributed by atoms with van der Waals surface area (Å²) in [6.07, 6.45) is 3.34. The van der Waals surface area contributed by atoms with Crippen LogP contribution >= 0.6 is 0 Å². The number of aromatic nitrogens is 4. The molecule has 1 aliphatic rings. The number of nitrogens with one attached hydrogen (secondary N) is 1. The summed E-state index contributed by atoms with van der Waals surface area (Å²) in [5.41, 5.74) is 0.583. The van der Waals surface area contributed by atoms with E-state index in [1.54, 1.807) is 12.1 Å². The molecular formula is C11H9N5O2. The summed E-state index contributed by atoms with van der Waals surface area (Å²) in [4.78, 5) is 33.0. The van der Waals surface area contributed by atoms with Gasteiger partial charge in [-0.1, -0.05) is 0 Å². The van der Waals surface area contributed by atoms with Crippen molar-refractivity contribution in [3.8, 4) is 0 Å². The zero-order valence-corrected chi connectivity index (χ0v) is 9.33. The molecule has 0 fully saturated rings. The Morgan fingerprint density at radius 2 is 2.11 bits per heavy atom. The number of pyridine rings is 1. The van der Waals surface area contributed by atoms with Crippen LogP contribution in [0.4, 0.5) is 0 Å². The van der Waals surface area contributed by atoms with E-state index in [1.165, 1.54) is 17.4 Å². The largest absolute Gasteiger partial charge is 0.280 e. The van der Waals surface area contributed by atoms with Crippen LogP contribution in [-0.2, 0) is 6.42 Å². The molecule has 3 heterocycles. The van der Waals surface area contributed by atoms with Crippen molar-refractivity contribution in [2.24, 2.45) is 0 Å². The summed E-state index contributed by atoms with van der Waals surface area (Å²) in [6.45, 7) is 0.267. The maximum Gasteiger partial charge on any atom is 0.280 e. The normalized spacial score (nSPS) is 14.1. The molecule has 3 rings (SSSR count). The number of imide groups is 1. The highest BCUT2D eigenvalue weighted by atomic mass is 16.2. The maximum atomic E-state index is 12.0. The average molecular weight is 243 g/mol. The Kier molecular flexibility index (Phi) is 2.36. The minimum absolute atomic E-state index is 0.222. The molecule has 0 spiro atoms. The third-order valence-corrected chi connectivity index (χ3v) is 2.77. The summed E-state index contributed by atoms with van der Waals surface area (Å²) in [7, 11) is 0. The van der Waals surface area contributed by atoms with E-state index in [1.807, 2.05) is 0 Å². The number of amides is 2. The fraction of sp³-hybridized carbons (Fsp3) is 0.182. The molecule has 0 aliphatic carbocycles. The van der Waals surface area contributed by atoms with Gasteiger partial charge in [-0.2, -0.15) is 5.10 Å². The first-order valence-corrected chi connectivity index (χ1v) is 5.43. The number of carbonyl (C=O) groups is 2.